The second kappa shape index (κ2) is 5.55. The van der Waals surface area contributed by atoms with Crippen molar-refractivity contribution in [3.63, 3.8) is 0 Å². The van der Waals surface area contributed by atoms with Crippen LogP contribution in [-0.2, 0) is 13.5 Å². The van der Waals surface area contributed by atoms with Gasteiger partial charge in [-0.15, -0.1) is 0 Å². The van der Waals surface area contributed by atoms with E-state index in [2.05, 4.69) is 10.6 Å². The molecule has 1 aromatic heterocycles. The average molecular weight is 299 g/mol. The van der Waals surface area contributed by atoms with Crippen LogP contribution in [0.15, 0.2) is 41.3 Å². The van der Waals surface area contributed by atoms with Crippen molar-refractivity contribution in [2.45, 2.75) is 18.9 Å². The lowest BCUT2D eigenvalue weighted by molar-refractivity contribution is 0.248. The molecule has 0 bridgehead atoms. The normalized spacial score (nSPS) is 16.1. The molecule has 2 amide bonds. The van der Waals surface area contributed by atoms with Crippen molar-refractivity contribution in [2.24, 2.45) is 7.05 Å². The number of aromatic nitrogens is 1. The molecular weight excluding hydrogens is 282 g/mol. The minimum atomic E-state index is -0.366. The molecule has 1 unspecified atom stereocenters. The number of hydrogen-bond acceptors (Lipinski definition) is 3. The molecule has 6 heteroatoms. The molecule has 0 aliphatic heterocycles. The molecule has 3 N–H and O–H groups in total. The van der Waals surface area contributed by atoms with Gasteiger partial charge in [0.05, 0.1) is 6.04 Å². The molecule has 1 heterocycles. The summed E-state index contributed by atoms with van der Waals surface area (Å²) in [6.45, 7) is 0. The first kappa shape index (κ1) is 14.2. The van der Waals surface area contributed by atoms with E-state index >= 15 is 0 Å². The molecule has 2 aromatic rings. The Hall–Kier alpha value is -2.76. The van der Waals surface area contributed by atoms with Crippen molar-refractivity contribution in [1.29, 1.82) is 0 Å². The number of anilines is 1. The third kappa shape index (κ3) is 2.67. The number of aromatic hydroxyl groups is 1. The number of nitrogens with zero attached hydrogens (tertiary/aromatic N) is 1. The number of fused-ring (bicyclic) bond motifs is 1. The first-order valence-corrected chi connectivity index (χ1v) is 7.09. The Balaban J connectivity index is 1.70. The number of pyridine rings is 1. The first-order valence-electron chi connectivity index (χ1n) is 7.09. The smallest absolute Gasteiger partial charge is 0.319 e. The number of phenols is 1. The number of benzene rings is 1. The predicted octanol–water partition coefficient (Wildman–Crippen LogP) is 1.90. The molecule has 0 spiro atoms. The van der Waals surface area contributed by atoms with Gasteiger partial charge in [0.1, 0.15) is 5.75 Å². The summed E-state index contributed by atoms with van der Waals surface area (Å²) in [5, 5.41) is 15.3. The SMILES string of the molecule is Cn1ccc(NC(=O)NC2CCc3c(O)cccc32)cc1=O. The average Bonchev–Trinajstić information content (AvgIpc) is 2.87. The van der Waals surface area contributed by atoms with E-state index in [0.29, 0.717) is 5.69 Å². The number of carbonyl (C=O) groups is 1. The highest BCUT2D eigenvalue weighted by Crippen LogP contribution is 2.36. The fourth-order valence-electron chi connectivity index (χ4n) is 2.74. The van der Waals surface area contributed by atoms with Gasteiger partial charge in [-0.1, -0.05) is 12.1 Å². The quantitative estimate of drug-likeness (QED) is 0.792. The zero-order valence-corrected chi connectivity index (χ0v) is 12.2. The van der Waals surface area contributed by atoms with Crippen LogP contribution in [-0.4, -0.2) is 15.7 Å². The topological polar surface area (TPSA) is 83.4 Å². The van der Waals surface area contributed by atoms with Crippen molar-refractivity contribution in [2.75, 3.05) is 5.32 Å². The van der Waals surface area contributed by atoms with Crippen LogP contribution in [0, 0.1) is 0 Å². The second-order valence-electron chi connectivity index (χ2n) is 5.40. The molecule has 0 radical (unpaired) electrons. The van der Waals surface area contributed by atoms with Gasteiger partial charge in [-0.3, -0.25) is 4.79 Å². The number of carbonyl (C=O) groups excluding carboxylic acids is 1. The lowest BCUT2D eigenvalue weighted by Crippen LogP contribution is -2.32. The van der Waals surface area contributed by atoms with Crippen LogP contribution in [0.5, 0.6) is 5.75 Å². The molecule has 3 rings (SSSR count). The van der Waals surface area contributed by atoms with Gasteiger partial charge in [-0.05, 0) is 36.1 Å². The summed E-state index contributed by atoms with van der Waals surface area (Å²) < 4.78 is 1.43. The fourth-order valence-corrected chi connectivity index (χ4v) is 2.74. The largest absolute Gasteiger partial charge is 0.508 e. The Morgan fingerprint density at radius 3 is 2.95 bits per heavy atom. The van der Waals surface area contributed by atoms with E-state index in [9.17, 15) is 14.7 Å². The third-order valence-electron chi connectivity index (χ3n) is 3.91. The zero-order valence-electron chi connectivity index (χ0n) is 12.2. The van der Waals surface area contributed by atoms with Crippen molar-refractivity contribution in [1.82, 2.24) is 9.88 Å². The standard InChI is InChI=1S/C16H17N3O3/c1-19-8-7-10(9-15(19)21)17-16(22)18-13-6-5-12-11(13)3-2-4-14(12)20/h2-4,7-9,13,20H,5-6H2,1H3,(H2,17,18,22). The summed E-state index contributed by atoms with van der Waals surface area (Å²) in [6.07, 6.45) is 3.08. The van der Waals surface area contributed by atoms with Crippen LogP contribution in [0.3, 0.4) is 0 Å². The van der Waals surface area contributed by atoms with Crippen molar-refractivity contribution >= 4 is 11.7 Å². The summed E-state index contributed by atoms with van der Waals surface area (Å²) >= 11 is 0. The highest BCUT2D eigenvalue weighted by Gasteiger charge is 2.25. The van der Waals surface area contributed by atoms with Crippen LogP contribution in [0.1, 0.15) is 23.6 Å². The lowest BCUT2D eigenvalue weighted by Gasteiger charge is -2.15. The van der Waals surface area contributed by atoms with Gasteiger partial charge >= 0.3 is 6.03 Å². The maximum absolute atomic E-state index is 12.1. The van der Waals surface area contributed by atoms with Crippen LogP contribution >= 0.6 is 0 Å². The Bertz CT molecular complexity index is 782. The maximum Gasteiger partial charge on any atom is 0.319 e. The van der Waals surface area contributed by atoms with Crippen LogP contribution in [0.25, 0.3) is 0 Å². The Morgan fingerprint density at radius 2 is 2.18 bits per heavy atom. The van der Waals surface area contributed by atoms with Gasteiger partial charge in [0.2, 0.25) is 0 Å². The van der Waals surface area contributed by atoms with Gasteiger partial charge in [0, 0.05) is 25.0 Å². The van der Waals surface area contributed by atoms with E-state index < -0.39 is 0 Å². The molecule has 1 atom stereocenters. The summed E-state index contributed by atoms with van der Waals surface area (Å²) in [5.41, 5.74) is 2.10. The Kier molecular flexibility index (Phi) is 3.58. The van der Waals surface area contributed by atoms with Crippen molar-refractivity contribution in [3.8, 4) is 5.75 Å². The van der Waals surface area contributed by atoms with E-state index in [4.69, 9.17) is 0 Å². The maximum atomic E-state index is 12.1. The minimum Gasteiger partial charge on any atom is -0.508 e. The van der Waals surface area contributed by atoms with E-state index in [1.807, 2.05) is 6.07 Å². The molecule has 22 heavy (non-hydrogen) atoms. The molecule has 1 aliphatic rings. The van der Waals surface area contributed by atoms with Gasteiger partial charge in [0.15, 0.2) is 0 Å². The Labute approximate surface area is 127 Å². The molecular formula is C16H17N3O3. The van der Waals surface area contributed by atoms with E-state index in [1.54, 1.807) is 31.4 Å². The van der Waals surface area contributed by atoms with Gasteiger partial charge in [-0.25, -0.2) is 4.79 Å². The van der Waals surface area contributed by atoms with Crippen LogP contribution in [0.4, 0.5) is 10.5 Å². The predicted molar refractivity (Wildman–Crippen MR) is 83.0 cm³/mol. The van der Waals surface area contributed by atoms with E-state index in [1.165, 1.54) is 10.6 Å². The fraction of sp³-hybridized carbons (Fsp3) is 0.250. The van der Waals surface area contributed by atoms with Crippen molar-refractivity contribution in [3.05, 3.63) is 58.0 Å². The molecule has 114 valence electrons. The molecule has 0 fully saturated rings. The second-order valence-corrected chi connectivity index (χ2v) is 5.40. The number of hydrogen-bond donors (Lipinski definition) is 3. The van der Waals surface area contributed by atoms with Crippen LogP contribution < -0.4 is 16.2 Å². The van der Waals surface area contributed by atoms with Crippen molar-refractivity contribution < 1.29 is 9.90 Å². The number of rotatable bonds is 2. The van der Waals surface area contributed by atoms with Gasteiger partial charge < -0.3 is 20.3 Å². The summed E-state index contributed by atoms with van der Waals surface area (Å²) in [4.78, 5) is 23.6. The summed E-state index contributed by atoms with van der Waals surface area (Å²) in [7, 11) is 1.65. The van der Waals surface area contributed by atoms with E-state index in [0.717, 1.165) is 24.0 Å². The summed E-state index contributed by atoms with van der Waals surface area (Å²) in [5.74, 6) is 0.272. The third-order valence-corrected chi connectivity index (χ3v) is 3.91. The van der Waals surface area contributed by atoms with Gasteiger partial charge in [0.25, 0.3) is 5.56 Å². The molecule has 0 saturated carbocycles. The number of phenolic OH excluding ortho intramolecular Hbond substituents is 1. The number of amides is 2. The zero-order chi connectivity index (χ0) is 15.7. The molecule has 0 saturated heterocycles. The number of aryl methyl sites for hydroxylation is 1. The lowest BCUT2D eigenvalue weighted by atomic mass is 10.1. The molecule has 1 aliphatic carbocycles. The highest BCUT2D eigenvalue weighted by molar-refractivity contribution is 5.89. The number of urea groups is 1. The van der Waals surface area contributed by atoms with Gasteiger partial charge in [-0.2, -0.15) is 0 Å². The first-order chi connectivity index (χ1) is 10.5. The highest BCUT2D eigenvalue weighted by atomic mass is 16.3. The summed E-state index contributed by atoms with van der Waals surface area (Å²) in [6, 6.07) is 7.87. The Morgan fingerprint density at radius 1 is 1.36 bits per heavy atom. The molecule has 1 aromatic carbocycles. The minimum absolute atomic E-state index is 0.131. The van der Waals surface area contributed by atoms with Crippen LogP contribution in [0.2, 0.25) is 0 Å². The number of nitrogens with one attached hydrogen (secondary N) is 2. The van der Waals surface area contributed by atoms with E-state index in [-0.39, 0.29) is 23.4 Å². The molecule has 6 nitrogen and oxygen atoms in total. The monoisotopic (exact) mass is 299 g/mol.